The van der Waals surface area contributed by atoms with E-state index >= 15 is 0 Å². The van der Waals surface area contributed by atoms with Crippen LogP contribution in [0.1, 0.15) is 18.9 Å². The summed E-state index contributed by atoms with van der Waals surface area (Å²) in [5, 5.41) is 11.4. The predicted molar refractivity (Wildman–Crippen MR) is 68.2 cm³/mol. The van der Waals surface area contributed by atoms with Gasteiger partial charge >= 0.3 is 0 Å². The summed E-state index contributed by atoms with van der Waals surface area (Å²) in [6, 6.07) is 12.1. The van der Waals surface area contributed by atoms with Crippen LogP contribution in [0.5, 0.6) is 0 Å². The van der Waals surface area contributed by atoms with Crippen LogP contribution >= 0.6 is 11.3 Å². The van der Waals surface area contributed by atoms with Gasteiger partial charge in [0, 0.05) is 10.9 Å². The Kier molecular flexibility index (Phi) is 5.24. The number of thiazole rings is 1. The average molecular weight is 230 g/mol. The first-order valence-corrected chi connectivity index (χ1v) is 6.15. The number of nitriles is 1. The Morgan fingerprint density at radius 1 is 1.25 bits per heavy atom. The zero-order valence-electron chi connectivity index (χ0n) is 9.47. The fourth-order valence-corrected chi connectivity index (χ4v) is 1.94. The maximum absolute atomic E-state index is 8.52. The van der Waals surface area contributed by atoms with Gasteiger partial charge in [0.1, 0.15) is 5.01 Å². The van der Waals surface area contributed by atoms with Crippen molar-refractivity contribution in [2.24, 2.45) is 0 Å². The lowest BCUT2D eigenvalue weighted by molar-refractivity contribution is 1.19. The van der Waals surface area contributed by atoms with Crippen LogP contribution in [0.25, 0.3) is 11.3 Å². The van der Waals surface area contributed by atoms with Gasteiger partial charge < -0.3 is 0 Å². The lowest BCUT2D eigenvalue weighted by Gasteiger charge is -1.93. The molecule has 0 bridgehead atoms. The van der Waals surface area contributed by atoms with E-state index in [-0.39, 0.29) is 0 Å². The van der Waals surface area contributed by atoms with E-state index in [1.54, 1.807) is 0 Å². The topological polar surface area (TPSA) is 36.7 Å². The molecule has 0 aliphatic carbocycles. The molecule has 0 aliphatic heterocycles. The minimum absolute atomic E-state index is 0.400. The van der Waals surface area contributed by atoms with Crippen molar-refractivity contribution in [2.45, 2.75) is 20.3 Å². The first-order valence-electron chi connectivity index (χ1n) is 5.27. The molecule has 1 heterocycles. The zero-order valence-corrected chi connectivity index (χ0v) is 10.3. The molecule has 0 radical (unpaired) electrons. The minimum atomic E-state index is 0.400. The summed E-state index contributed by atoms with van der Waals surface area (Å²) in [5.74, 6) is 0. The second-order valence-corrected chi connectivity index (χ2v) is 3.77. The molecular weight excluding hydrogens is 216 g/mol. The lowest BCUT2D eigenvalue weighted by Crippen LogP contribution is -1.80. The monoisotopic (exact) mass is 230 g/mol. The molecule has 0 atom stereocenters. The first-order chi connectivity index (χ1) is 7.90. The Morgan fingerprint density at radius 2 is 1.94 bits per heavy atom. The molecule has 2 nitrogen and oxygen atoms in total. The highest BCUT2D eigenvalue weighted by atomic mass is 32.1. The summed E-state index contributed by atoms with van der Waals surface area (Å²) in [5.41, 5.74) is 2.06. The standard InChI is InChI=1S/C11H8N2S.C2H6/c12-7-6-11-13-10(8-14-11)9-4-2-1-3-5-9;1-2/h1-5,8H,6H2;1-2H3. The van der Waals surface area contributed by atoms with E-state index < -0.39 is 0 Å². The number of benzene rings is 1. The molecule has 82 valence electrons. The van der Waals surface area contributed by atoms with Crippen molar-refractivity contribution in [2.75, 3.05) is 0 Å². The number of hydrogen-bond donors (Lipinski definition) is 0. The molecule has 3 heteroatoms. The van der Waals surface area contributed by atoms with Crippen molar-refractivity contribution >= 4 is 11.3 Å². The van der Waals surface area contributed by atoms with Gasteiger partial charge in [-0.25, -0.2) is 4.98 Å². The number of hydrogen-bond acceptors (Lipinski definition) is 3. The van der Waals surface area contributed by atoms with Crippen molar-refractivity contribution in [1.82, 2.24) is 4.98 Å². The fourth-order valence-electron chi connectivity index (χ4n) is 1.20. The molecule has 0 fully saturated rings. The third-order valence-electron chi connectivity index (χ3n) is 1.85. The van der Waals surface area contributed by atoms with E-state index in [0.717, 1.165) is 16.3 Å². The summed E-state index contributed by atoms with van der Waals surface area (Å²) in [4.78, 5) is 4.37. The van der Waals surface area contributed by atoms with Gasteiger partial charge in [0.25, 0.3) is 0 Å². The van der Waals surface area contributed by atoms with Gasteiger partial charge in [0.2, 0.25) is 0 Å². The molecule has 2 aromatic rings. The van der Waals surface area contributed by atoms with Crippen molar-refractivity contribution in [3.05, 3.63) is 40.7 Å². The molecule has 0 aliphatic rings. The van der Waals surface area contributed by atoms with E-state index in [1.807, 2.05) is 49.6 Å². The fraction of sp³-hybridized carbons (Fsp3) is 0.231. The molecule has 0 N–H and O–H groups in total. The highest BCUT2D eigenvalue weighted by Crippen LogP contribution is 2.21. The number of nitrogens with zero attached hydrogens (tertiary/aromatic N) is 2. The quantitative estimate of drug-likeness (QED) is 0.784. The predicted octanol–water partition coefficient (Wildman–Crippen LogP) is 3.90. The van der Waals surface area contributed by atoms with Crippen molar-refractivity contribution in [3.63, 3.8) is 0 Å². The van der Waals surface area contributed by atoms with Crippen LogP contribution in [0.4, 0.5) is 0 Å². The Hall–Kier alpha value is -1.66. The molecule has 0 amide bonds. The van der Waals surface area contributed by atoms with E-state index in [0.29, 0.717) is 6.42 Å². The molecule has 2 rings (SSSR count). The third kappa shape index (κ3) is 3.18. The number of aromatic nitrogens is 1. The van der Waals surface area contributed by atoms with Gasteiger partial charge in [-0.05, 0) is 0 Å². The summed E-state index contributed by atoms with van der Waals surface area (Å²) in [7, 11) is 0. The average Bonchev–Trinajstić information content (AvgIpc) is 2.82. The first kappa shape index (κ1) is 12.4. The van der Waals surface area contributed by atoms with Gasteiger partial charge in [0.05, 0.1) is 18.2 Å². The minimum Gasteiger partial charge on any atom is -0.240 e. The molecule has 1 aromatic heterocycles. The van der Waals surface area contributed by atoms with Gasteiger partial charge in [-0.15, -0.1) is 11.3 Å². The molecule has 0 unspecified atom stereocenters. The summed E-state index contributed by atoms with van der Waals surface area (Å²) < 4.78 is 0. The van der Waals surface area contributed by atoms with E-state index in [4.69, 9.17) is 5.26 Å². The summed E-state index contributed by atoms with van der Waals surface area (Å²) >= 11 is 1.54. The zero-order chi connectivity index (χ0) is 11.8. The van der Waals surface area contributed by atoms with Crippen LogP contribution in [0.3, 0.4) is 0 Å². The van der Waals surface area contributed by atoms with E-state index in [1.165, 1.54) is 11.3 Å². The second kappa shape index (κ2) is 6.76. The van der Waals surface area contributed by atoms with Crippen LogP contribution < -0.4 is 0 Å². The largest absolute Gasteiger partial charge is 0.240 e. The Labute approximate surface area is 100 Å². The van der Waals surface area contributed by atoms with Crippen LogP contribution in [-0.2, 0) is 6.42 Å². The van der Waals surface area contributed by atoms with Gasteiger partial charge in [0.15, 0.2) is 0 Å². The second-order valence-electron chi connectivity index (χ2n) is 2.83. The van der Waals surface area contributed by atoms with Gasteiger partial charge in [-0.1, -0.05) is 44.2 Å². The smallest absolute Gasteiger partial charge is 0.107 e. The maximum atomic E-state index is 8.52. The van der Waals surface area contributed by atoms with Gasteiger partial charge in [-0.2, -0.15) is 5.26 Å². The summed E-state index contributed by atoms with van der Waals surface area (Å²) in [6.07, 6.45) is 0.400. The van der Waals surface area contributed by atoms with E-state index in [9.17, 15) is 0 Å². The SMILES string of the molecule is CC.N#CCc1nc(-c2ccccc2)cs1. The normalized spacial score (nSPS) is 8.81. The highest BCUT2D eigenvalue weighted by Gasteiger charge is 2.02. The molecule has 0 spiro atoms. The Balaban J connectivity index is 0.000000606. The maximum Gasteiger partial charge on any atom is 0.107 e. The van der Waals surface area contributed by atoms with Crippen molar-refractivity contribution in [3.8, 4) is 17.3 Å². The van der Waals surface area contributed by atoms with Crippen LogP contribution in [-0.4, -0.2) is 4.98 Å². The number of rotatable bonds is 2. The molecule has 0 saturated carbocycles. The Bertz CT molecular complexity index is 454. The lowest BCUT2D eigenvalue weighted by atomic mass is 10.2. The Morgan fingerprint density at radius 3 is 2.56 bits per heavy atom. The van der Waals surface area contributed by atoms with Crippen LogP contribution in [0, 0.1) is 11.3 Å². The third-order valence-corrected chi connectivity index (χ3v) is 2.70. The molecule has 16 heavy (non-hydrogen) atoms. The van der Waals surface area contributed by atoms with E-state index in [2.05, 4.69) is 11.1 Å². The van der Waals surface area contributed by atoms with Crippen molar-refractivity contribution < 1.29 is 0 Å². The van der Waals surface area contributed by atoms with Crippen LogP contribution in [0.2, 0.25) is 0 Å². The molecular formula is C13H14N2S. The molecule has 0 saturated heterocycles. The summed E-state index contributed by atoms with van der Waals surface area (Å²) in [6.45, 7) is 4.00. The highest BCUT2D eigenvalue weighted by molar-refractivity contribution is 7.10. The van der Waals surface area contributed by atoms with Crippen molar-refractivity contribution in [1.29, 1.82) is 5.26 Å². The van der Waals surface area contributed by atoms with Crippen LogP contribution in [0.15, 0.2) is 35.7 Å². The van der Waals surface area contributed by atoms with Gasteiger partial charge in [-0.3, -0.25) is 0 Å². The molecule has 1 aromatic carbocycles.